The van der Waals surface area contributed by atoms with E-state index < -0.39 is 21.4 Å². The van der Waals surface area contributed by atoms with Gasteiger partial charge in [-0.1, -0.05) is 6.92 Å². The Morgan fingerprint density at radius 1 is 1.30 bits per heavy atom. The molecule has 23 heavy (non-hydrogen) atoms. The molecule has 0 radical (unpaired) electrons. The number of nitrogens with zero attached hydrogens (tertiary/aromatic N) is 1. The van der Waals surface area contributed by atoms with Crippen molar-refractivity contribution < 1.29 is 27.4 Å². The fourth-order valence-corrected chi connectivity index (χ4v) is 5.36. The topological polar surface area (TPSA) is 82.1 Å². The van der Waals surface area contributed by atoms with E-state index in [1.54, 1.807) is 6.92 Å². The van der Waals surface area contributed by atoms with Gasteiger partial charge in [0.05, 0.1) is 24.4 Å². The van der Waals surface area contributed by atoms with Gasteiger partial charge in [0, 0.05) is 32.9 Å². The highest BCUT2D eigenvalue weighted by atomic mass is 32.2. The SMILES string of the molecule is CCN(C[C@H]1CCCO1)S(=O)(=O)CC1(C(=O)OC)CCOCC1. The molecule has 0 bridgehead atoms. The van der Waals surface area contributed by atoms with Gasteiger partial charge in [0.1, 0.15) is 0 Å². The molecule has 2 fully saturated rings. The van der Waals surface area contributed by atoms with E-state index in [0.717, 1.165) is 12.8 Å². The van der Waals surface area contributed by atoms with Crippen molar-refractivity contribution in [1.82, 2.24) is 4.31 Å². The van der Waals surface area contributed by atoms with Crippen molar-refractivity contribution in [2.45, 2.75) is 38.7 Å². The zero-order chi connectivity index (χ0) is 16.9. The van der Waals surface area contributed by atoms with Gasteiger partial charge >= 0.3 is 5.97 Å². The summed E-state index contributed by atoms with van der Waals surface area (Å²) in [5.41, 5.74) is -1.00. The van der Waals surface area contributed by atoms with E-state index >= 15 is 0 Å². The van der Waals surface area contributed by atoms with Crippen LogP contribution in [0.25, 0.3) is 0 Å². The number of likely N-dealkylation sites (N-methyl/N-ethyl adjacent to an activating group) is 1. The molecule has 0 saturated carbocycles. The molecule has 1 atom stereocenters. The maximum Gasteiger partial charge on any atom is 0.313 e. The summed E-state index contributed by atoms with van der Waals surface area (Å²) in [6.07, 6.45) is 2.54. The molecule has 134 valence electrons. The molecule has 7 nitrogen and oxygen atoms in total. The summed E-state index contributed by atoms with van der Waals surface area (Å²) in [5.74, 6) is -0.686. The van der Waals surface area contributed by atoms with Crippen molar-refractivity contribution >= 4 is 16.0 Å². The second-order valence-corrected chi connectivity index (χ2v) is 8.20. The van der Waals surface area contributed by atoms with Crippen molar-refractivity contribution in [3.63, 3.8) is 0 Å². The maximum absolute atomic E-state index is 12.9. The Morgan fingerprint density at radius 2 is 2.00 bits per heavy atom. The highest BCUT2D eigenvalue weighted by molar-refractivity contribution is 7.89. The summed E-state index contributed by atoms with van der Waals surface area (Å²) in [5, 5.41) is 0. The number of methoxy groups -OCH3 is 1. The first-order chi connectivity index (χ1) is 10.9. The Kier molecular flexibility index (Phi) is 6.41. The summed E-state index contributed by atoms with van der Waals surface area (Å²) in [4.78, 5) is 12.2. The number of carbonyl (C=O) groups excluding carboxylic acids is 1. The van der Waals surface area contributed by atoms with Crippen LogP contribution in [-0.4, -0.2) is 70.6 Å². The van der Waals surface area contributed by atoms with Gasteiger partial charge in [-0.05, 0) is 25.7 Å². The summed E-state index contributed by atoms with van der Waals surface area (Å²) in [6.45, 7) is 3.97. The number of esters is 1. The Bertz CT molecular complexity index is 494. The molecule has 2 aliphatic rings. The predicted molar refractivity (Wildman–Crippen MR) is 84.5 cm³/mol. The van der Waals surface area contributed by atoms with Gasteiger partial charge < -0.3 is 14.2 Å². The first kappa shape index (κ1) is 18.6. The molecule has 0 unspecified atom stereocenters. The van der Waals surface area contributed by atoms with E-state index in [9.17, 15) is 13.2 Å². The Balaban J connectivity index is 2.13. The third-order valence-electron chi connectivity index (χ3n) is 4.70. The van der Waals surface area contributed by atoms with Crippen LogP contribution < -0.4 is 0 Å². The molecule has 2 saturated heterocycles. The minimum absolute atomic E-state index is 0.0477. The number of hydrogen-bond acceptors (Lipinski definition) is 6. The number of ether oxygens (including phenoxy) is 3. The zero-order valence-corrected chi connectivity index (χ0v) is 14.8. The van der Waals surface area contributed by atoms with Crippen molar-refractivity contribution in [1.29, 1.82) is 0 Å². The molecule has 2 aliphatic heterocycles. The largest absolute Gasteiger partial charge is 0.469 e. The molecular weight excluding hydrogens is 322 g/mol. The lowest BCUT2D eigenvalue weighted by atomic mass is 9.82. The highest BCUT2D eigenvalue weighted by Crippen LogP contribution is 2.34. The lowest BCUT2D eigenvalue weighted by molar-refractivity contribution is -0.156. The summed E-state index contributed by atoms with van der Waals surface area (Å²) in [7, 11) is -2.27. The van der Waals surface area contributed by atoms with Crippen LogP contribution >= 0.6 is 0 Å². The average molecular weight is 349 g/mol. The monoisotopic (exact) mass is 349 g/mol. The van der Waals surface area contributed by atoms with E-state index in [4.69, 9.17) is 14.2 Å². The van der Waals surface area contributed by atoms with Gasteiger partial charge in [-0.2, -0.15) is 4.31 Å². The number of carbonyl (C=O) groups is 1. The minimum atomic E-state index is -3.58. The second-order valence-electron chi connectivity index (χ2n) is 6.23. The van der Waals surface area contributed by atoms with Crippen LogP contribution in [0.3, 0.4) is 0 Å². The molecule has 0 N–H and O–H groups in total. The standard InChI is InChI=1S/C15H27NO6S/c1-3-16(11-13-5-4-8-22-13)23(18,19)12-15(14(17)20-2)6-9-21-10-7-15/h13H,3-12H2,1-2H3/t13-/m1/s1. The molecule has 0 spiro atoms. The molecule has 2 rings (SSSR count). The van der Waals surface area contributed by atoms with Crippen LogP contribution in [0.4, 0.5) is 0 Å². The van der Waals surface area contributed by atoms with Gasteiger partial charge in [-0.25, -0.2) is 8.42 Å². The van der Waals surface area contributed by atoms with Crippen molar-refractivity contribution in [2.24, 2.45) is 5.41 Å². The van der Waals surface area contributed by atoms with Gasteiger partial charge in [0.2, 0.25) is 10.0 Å². The number of rotatable bonds is 7. The molecule has 0 amide bonds. The maximum atomic E-state index is 12.9. The number of sulfonamides is 1. The zero-order valence-electron chi connectivity index (χ0n) is 14.0. The quantitative estimate of drug-likeness (QED) is 0.632. The molecule has 2 heterocycles. The van der Waals surface area contributed by atoms with Crippen LogP contribution in [0.15, 0.2) is 0 Å². The molecule has 0 aromatic heterocycles. The van der Waals surface area contributed by atoms with E-state index in [0.29, 0.717) is 45.8 Å². The molecule has 0 aromatic carbocycles. The summed E-state index contributed by atoms with van der Waals surface area (Å²) < 4.78 is 42.9. The van der Waals surface area contributed by atoms with Gasteiger partial charge in [-0.3, -0.25) is 4.79 Å². The molecule has 0 aliphatic carbocycles. The third kappa shape index (κ3) is 4.43. The normalized spacial score (nSPS) is 24.7. The van der Waals surface area contributed by atoms with Crippen LogP contribution in [0.1, 0.15) is 32.6 Å². The lowest BCUT2D eigenvalue weighted by Crippen LogP contribution is -2.48. The van der Waals surface area contributed by atoms with Crippen molar-refractivity contribution in [3.05, 3.63) is 0 Å². The van der Waals surface area contributed by atoms with Gasteiger partial charge in [0.25, 0.3) is 0 Å². The number of hydrogen-bond donors (Lipinski definition) is 0. The Morgan fingerprint density at radius 3 is 2.52 bits per heavy atom. The Hall–Kier alpha value is -0.700. The summed E-state index contributed by atoms with van der Waals surface area (Å²) >= 11 is 0. The van der Waals surface area contributed by atoms with Crippen molar-refractivity contribution in [2.75, 3.05) is 45.8 Å². The predicted octanol–water partition coefficient (Wildman–Crippen LogP) is 0.787. The van der Waals surface area contributed by atoms with Crippen LogP contribution in [0, 0.1) is 5.41 Å². The first-order valence-corrected chi connectivity index (χ1v) is 9.80. The highest BCUT2D eigenvalue weighted by Gasteiger charge is 2.46. The van der Waals surface area contributed by atoms with Crippen LogP contribution in [0.5, 0.6) is 0 Å². The lowest BCUT2D eigenvalue weighted by Gasteiger charge is -2.35. The van der Waals surface area contributed by atoms with E-state index in [1.165, 1.54) is 11.4 Å². The van der Waals surface area contributed by atoms with E-state index in [-0.39, 0.29) is 11.9 Å². The van der Waals surface area contributed by atoms with Gasteiger partial charge in [0.15, 0.2) is 0 Å². The van der Waals surface area contributed by atoms with E-state index in [1.807, 2.05) is 0 Å². The molecule has 0 aromatic rings. The fourth-order valence-electron chi connectivity index (χ4n) is 3.28. The first-order valence-electron chi connectivity index (χ1n) is 8.19. The summed E-state index contributed by atoms with van der Waals surface area (Å²) in [6, 6.07) is 0. The fraction of sp³-hybridized carbons (Fsp3) is 0.933. The second kappa shape index (κ2) is 7.92. The molecule has 8 heteroatoms. The smallest absolute Gasteiger partial charge is 0.313 e. The van der Waals surface area contributed by atoms with E-state index in [2.05, 4.69) is 0 Å². The van der Waals surface area contributed by atoms with Gasteiger partial charge in [-0.15, -0.1) is 0 Å². The Labute approximate surface area is 138 Å². The van der Waals surface area contributed by atoms with Crippen LogP contribution in [-0.2, 0) is 29.0 Å². The minimum Gasteiger partial charge on any atom is -0.469 e. The molecular formula is C15H27NO6S. The average Bonchev–Trinajstić information content (AvgIpc) is 3.05. The third-order valence-corrected chi connectivity index (χ3v) is 6.82. The van der Waals surface area contributed by atoms with Crippen molar-refractivity contribution in [3.8, 4) is 0 Å². The van der Waals surface area contributed by atoms with Crippen LogP contribution in [0.2, 0.25) is 0 Å².